The van der Waals surface area contributed by atoms with Crippen molar-refractivity contribution in [3.05, 3.63) is 66.2 Å². The summed E-state index contributed by atoms with van der Waals surface area (Å²) in [6.45, 7) is 4.03. The number of halogens is 4. The average molecular weight is 585 g/mol. The number of aromatic nitrogens is 5. The molecule has 0 atom stereocenters. The van der Waals surface area contributed by atoms with Crippen molar-refractivity contribution in [3.63, 3.8) is 0 Å². The van der Waals surface area contributed by atoms with Crippen LogP contribution in [-0.4, -0.2) is 61.5 Å². The number of carbonyl (C=O) groups excluding carboxylic acids is 1. The van der Waals surface area contributed by atoms with Gasteiger partial charge in [0.05, 0.1) is 24.8 Å². The molecule has 2 aliphatic rings. The predicted octanol–water partition coefficient (Wildman–Crippen LogP) is 5.08. The molecule has 4 heterocycles. The first-order valence-electron chi connectivity index (χ1n) is 13.6. The minimum Gasteiger partial charge on any atom is -0.358 e. The number of anilines is 3. The standard InChI is InChI=1S/C28H28F4N8O2/c29-22-11-18(3-4-19(22)12-25(41)37-24-13-23(42-38-24)27(5-6-27)28(30,31)32)20-14-33-26(34-15-20)36-21-16-35-40(17-21)10-9-39-7-1-2-8-39/h3-4,11,13-17H,1-2,5-10,12H2,(H,33,34,36)(H,37,38,41). The van der Waals surface area contributed by atoms with E-state index in [0.29, 0.717) is 17.1 Å². The summed E-state index contributed by atoms with van der Waals surface area (Å²) < 4.78 is 61.4. The molecule has 1 aromatic carbocycles. The maximum atomic E-state index is 14.9. The third-order valence-corrected chi connectivity index (χ3v) is 7.66. The third kappa shape index (κ3) is 5.98. The summed E-state index contributed by atoms with van der Waals surface area (Å²) in [6, 6.07) is 5.44. The Hall–Kier alpha value is -4.33. The van der Waals surface area contributed by atoms with Gasteiger partial charge >= 0.3 is 6.18 Å². The van der Waals surface area contributed by atoms with Gasteiger partial charge < -0.3 is 20.1 Å². The average Bonchev–Trinajstić information content (AvgIpc) is 3.28. The van der Waals surface area contributed by atoms with Crippen LogP contribution in [-0.2, 0) is 23.2 Å². The van der Waals surface area contributed by atoms with E-state index in [1.807, 2.05) is 10.9 Å². The lowest BCUT2D eigenvalue weighted by Crippen LogP contribution is -2.28. The fourth-order valence-corrected chi connectivity index (χ4v) is 5.06. The van der Waals surface area contributed by atoms with Crippen molar-refractivity contribution in [3.8, 4) is 11.1 Å². The van der Waals surface area contributed by atoms with E-state index < -0.39 is 23.3 Å². The number of likely N-dealkylation sites (tertiary alicyclic amines) is 1. The molecule has 14 heteroatoms. The van der Waals surface area contributed by atoms with Crippen LogP contribution in [0, 0.1) is 5.82 Å². The van der Waals surface area contributed by atoms with E-state index in [0.717, 1.165) is 37.9 Å². The Bertz CT molecular complexity index is 1560. The molecule has 10 nitrogen and oxygen atoms in total. The van der Waals surface area contributed by atoms with Crippen LogP contribution >= 0.6 is 0 Å². The molecular weight excluding hydrogens is 556 g/mol. The van der Waals surface area contributed by atoms with E-state index in [-0.39, 0.29) is 36.4 Å². The lowest BCUT2D eigenvalue weighted by molar-refractivity contribution is -0.165. The van der Waals surface area contributed by atoms with E-state index in [1.54, 1.807) is 24.7 Å². The van der Waals surface area contributed by atoms with Crippen LogP contribution in [0.4, 0.5) is 35.0 Å². The molecule has 2 fully saturated rings. The molecular formula is C28H28F4N8O2. The Morgan fingerprint density at radius 1 is 1.02 bits per heavy atom. The van der Waals surface area contributed by atoms with Gasteiger partial charge in [0.15, 0.2) is 11.6 Å². The molecule has 4 aromatic rings. The summed E-state index contributed by atoms with van der Waals surface area (Å²) in [6.07, 6.45) is 4.23. The van der Waals surface area contributed by atoms with Gasteiger partial charge in [0.1, 0.15) is 11.2 Å². The highest BCUT2D eigenvalue weighted by Gasteiger charge is 2.66. The van der Waals surface area contributed by atoms with Crippen molar-refractivity contribution >= 4 is 23.4 Å². The van der Waals surface area contributed by atoms with Crippen LogP contribution in [0.5, 0.6) is 0 Å². The van der Waals surface area contributed by atoms with E-state index >= 15 is 0 Å². The normalized spacial score (nSPS) is 16.5. The maximum absolute atomic E-state index is 14.9. The summed E-state index contributed by atoms with van der Waals surface area (Å²) in [7, 11) is 0. The van der Waals surface area contributed by atoms with E-state index in [1.165, 1.54) is 25.0 Å². The number of amides is 1. The first-order valence-corrected chi connectivity index (χ1v) is 13.6. The van der Waals surface area contributed by atoms with E-state index in [9.17, 15) is 22.4 Å². The molecule has 1 aliphatic carbocycles. The van der Waals surface area contributed by atoms with Crippen molar-refractivity contribution < 1.29 is 26.9 Å². The molecule has 2 N–H and O–H groups in total. The fraction of sp³-hybridized carbons (Fsp3) is 0.393. The van der Waals surface area contributed by atoms with Crippen molar-refractivity contribution in [2.75, 3.05) is 30.3 Å². The van der Waals surface area contributed by atoms with Gasteiger partial charge in [-0.3, -0.25) is 9.48 Å². The minimum absolute atomic E-state index is 0.0917. The molecule has 0 bridgehead atoms. The fourth-order valence-electron chi connectivity index (χ4n) is 5.06. The van der Waals surface area contributed by atoms with E-state index in [2.05, 4.69) is 35.8 Å². The number of nitrogens with zero attached hydrogens (tertiary/aromatic N) is 6. The SMILES string of the molecule is O=C(Cc1ccc(-c2cnc(Nc3cnn(CCN4CCCC4)c3)nc2)cc1F)Nc1cc(C2(C(F)(F)F)CC2)on1. The highest BCUT2D eigenvalue weighted by Crippen LogP contribution is 2.59. The third-order valence-electron chi connectivity index (χ3n) is 7.66. The Morgan fingerprint density at radius 2 is 1.79 bits per heavy atom. The number of hydrogen-bond donors (Lipinski definition) is 2. The molecule has 0 spiro atoms. The van der Waals surface area contributed by atoms with Crippen LogP contribution in [0.3, 0.4) is 0 Å². The van der Waals surface area contributed by atoms with Crippen LogP contribution in [0.25, 0.3) is 11.1 Å². The second-order valence-electron chi connectivity index (χ2n) is 10.6. The highest BCUT2D eigenvalue weighted by molar-refractivity contribution is 5.91. The maximum Gasteiger partial charge on any atom is 0.401 e. The van der Waals surface area contributed by atoms with E-state index in [4.69, 9.17) is 4.52 Å². The number of rotatable bonds is 10. The van der Waals surface area contributed by atoms with Gasteiger partial charge in [-0.25, -0.2) is 14.4 Å². The van der Waals surface area contributed by atoms with Crippen LogP contribution in [0.15, 0.2) is 53.6 Å². The molecule has 1 amide bonds. The lowest BCUT2D eigenvalue weighted by Gasteiger charge is -2.14. The van der Waals surface area contributed by atoms with Gasteiger partial charge in [-0.15, -0.1) is 0 Å². The molecule has 6 rings (SSSR count). The Balaban J connectivity index is 1.03. The molecule has 1 saturated heterocycles. The lowest BCUT2D eigenvalue weighted by atomic mass is 10.0. The Labute approximate surface area is 238 Å². The topological polar surface area (TPSA) is 114 Å². The highest BCUT2D eigenvalue weighted by atomic mass is 19.4. The Morgan fingerprint density at radius 3 is 2.48 bits per heavy atom. The number of alkyl halides is 3. The molecule has 1 saturated carbocycles. The van der Waals surface area contributed by atoms with Gasteiger partial charge in [0.25, 0.3) is 0 Å². The monoisotopic (exact) mass is 584 g/mol. The smallest absolute Gasteiger partial charge is 0.358 e. The summed E-state index contributed by atoms with van der Waals surface area (Å²) in [4.78, 5) is 23.5. The predicted molar refractivity (Wildman–Crippen MR) is 144 cm³/mol. The number of carbonyl (C=O) groups is 1. The van der Waals surface area contributed by atoms with Crippen LogP contribution in [0.2, 0.25) is 0 Å². The van der Waals surface area contributed by atoms with Crippen molar-refractivity contribution in [2.45, 2.75) is 50.2 Å². The van der Waals surface area contributed by atoms with Crippen molar-refractivity contribution in [2.24, 2.45) is 0 Å². The van der Waals surface area contributed by atoms with Gasteiger partial charge in [0, 0.05) is 36.8 Å². The first-order chi connectivity index (χ1) is 20.2. The molecule has 220 valence electrons. The van der Waals surface area contributed by atoms with Gasteiger partial charge in [0.2, 0.25) is 11.9 Å². The quantitative estimate of drug-likeness (QED) is 0.248. The Kier molecular flexibility index (Phi) is 7.39. The van der Waals surface area contributed by atoms with Crippen LogP contribution < -0.4 is 10.6 Å². The van der Waals surface area contributed by atoms with Crippen molar-refractivity contribution in [1.82, 2.24) is 29.8 Å². The zero-order valence-electron chi connectivity index (χ0n) is 22.5. The molecule has 1 aliphatic heterocycles. The zero-order valence-corrected chi connectivity index (χ0v) is 22.5. The largest absolute Gasteiger partial charge is 0.401 e. The molecule has 0 unspecified atom stereocenters. The zero-order chi connectivity index (χ0) is 29.3. The van der Waals surface area contributed by atoms with Crippen molar-refractivity contribution in [1.29, 1.82) is 0 Å². The molecule has 42 heavy (non-hydrogen) atoms. The number of benzene rings is 1. The summed E-state index contributed by atoms with van der Waals surface area (Å²) in [5, 5.41) is 13.4. The second-order valence-corrected chi connectivity index (χ2v) is 10.6. The summed E-state index contributed by atoms with van der Waals surface area (Å²) in [5.41, 5.74) is -0.0904. The molecule has 3 aromatic heterocycles. The number of hydrogen-bond acceptors (Lipinski definition) is 8. The van der Waals surface area contributed by atoms with Gasteiger partial charge in [-0.05, 0) is 56.0 Å². The second kappa shape index (κ2) is 11.2. The summed E-state index contributed by atoms with van der Waals surface area (Å²) in [5.74, 6) is -1.39. The summed E-state index contributed by atoms with van der Waals surface area (Å²) >= 11 is 0. The molecule has 0 radical (unpaired) electrons. The number of nitrogens with one attached hydrogen (secondary N) is 2. The minimum atomic E-state index is -4.46. The first kappa shape index (κ1) is 27.8. The van der Waals surface area contributed by atoms with Gasteiger partial charge in [-0.1, -0.05) is 17.3 Å². The van der Waals surface area contributed by atoms with Gasteiger partial charge in [-0.2, -0.15) is 18.3 Å². The van der Waals surface area contributed by atoms with Crippen LogP contribution in [0.1, 0.15) is 37.0 Å².